The average molecular weight is 445 g/mol. The molecule has 1 aliphatic rings. The van der Waals surface area contributed by atoms with Crippen molar-refractivity contribution in [3.8, 4) is 11.1 Å². The molecule has 1 atom stereocenters. The maximum Gasteiger partial charge on any atom is 0.249 e. The van der Waals surface area contributed by atoms with E-state index in [-0.39, 0.29) is 10.8 Å². The highest BCUT2D eigenvalue weighted by Gasteiger charge is 2.40. The molecular weight excluding hydrogens is 420 g/mol. The van der Waals surface area contributed by atoms with Crippen LogP contribution in [0.1, 0.15) is 23.2 Å². The first-order valence-corrected chi connectivity index (χ1v) is 12.2. The number of para-hydroxylation sites is 1. The van der Waals surface area contributed by atoms with Gasteiger partial charge in [-0.05, 0) is 43.5 Å². The van der Waals surface area contributed by atoms with Crippen LogP contribution in [-0.2, 0) is 10.0 Å². The summed E-state index contributed by atoms with van der Waals surface area (Å²) in [4.78, 5) is 13.9. The van der Waals surface area contributed by atoms with Gasteiger partial charge in [0.15, 0.2) is 0 Å². The van der Waals surface area contributed by atoms with Crippen LogP contribution in [0, 0.1) is 6.92 Å². The molecule has 5 nitrogen and oxygen atoms in total. The molecule has 0 spiro atoms. The second-order valence-electron chi connectivity index (χ2n) is 8.22. The largest absolute Gasteiger partial charge is 0.285 e. The van der Waals surface area contributed by atoms with Gasteiger partial charge in [-0.25, -0.2) is 8.42 Å². The predicted molar refractivity (Wildman–Crippen MR) is 126 cm³/mol. The lowest BCUT2D eigenvalue weighted by atomic mass is 10.1. The number of hydrogen-bond acceptors (Lipinski definition) is 3. The van der Waals surface area contributed by atoms with E-state index in [4.69, 9.17) is 0 Å². The van der Waals surface area contributed by atoms with Gasteiger partial charge in [-0.3, -0.25) is 9.36 Å². The van der Waals surface area contributed by atoms with Crippen molar-refractivity contribution < 1.29 is 13.2 Å². The van der Waals surface area contributed by atoms with E-state index in [1.807, 2.05) is 67.7 Å². The Labute approximate surface area is 188 Å². The zero-order valence-corrected chi connectivity index (χ0v) is 18.6. The summed E-state index contributed by atoms with van der Waals surface area (Å²) in [5.74, 6) is -0.212. The molecule has 6 heteroatoms. The SMILES string of the molecule is Cc1ccc(S(=O)(=O)N2CCC[C@H]2C(=O)n2cc(-c3ccccc3)c3ccccc32)cc1. The third-order valence-corrected chi connectivity index (χ3v) is 8.07. The molecule has 0 N–H and O–H groups in total. The Hall–Kier alpha value is -3.22. The molecular formula is C26H24N2O3S. The van der Waals surface area contributed by atoms with E-state index in [9.17, 15) is 13.2 Å². The molecule has 0 radical (unpaired) electrons. The number of hydrogen-bond donors (Lipinski definition) is 0. The van der Waals surface area contributed by atoms with Gasteiger partial charge in [0.2, 0.25) is 15.9 Å². The molecule has 1 aromatic heterocycles. The van der Waals surface area contributed by atoms with Gasteiger partial charge in [-0.1, -0.05) is 66.2 Å². The quantitative estimate of drug-likeness (QED) is 0.439. The van der Waals surface area contributed by atoms with Crippen LogP contribution in [-0.4, -0.2) is 35.8 Å². The van der Waals surface area contributed by atoms with Crippen molar-refractivity contribution in [2.75, 3.05) is 6.54 Å². The highest BCUT2D eigenvalue weighted by Crippen LogP contribution is 2.33. The first kappa shape index (κ1) is 20.7. The van der Waals surface area contributed by atoms with Gasteiger partial charge >= 0.3 is 0 Å². The fourth-order valence-corrected chi connectivity index (χ4v) is 6.14. The fraction of sp³-hybridized carbons (Fsp3) is 0.192. The lowest BCUT2D eigenvalue weighted by Gasteiger charge is -2.23. The minimum absolute atomic E-state index is 0.212. The van der Waals surface area contributed by atoms with Crippen molar-refractivity contribution in [2.24, 2.45) is 0 Å². The predicted octanol–water partition coefficient (Wildman–Crippen LogP) is 5.11. The van der Waals surface area contributed by atoms with E-state index in [2.05, 4.69) is 0 Å². The highest BCUT2D eigenvalue weighted by atomic mass is 32.2. The number of aryl methyl sites for hydroxylation is 1. The minimum atomic E-state index is -3.76. The van der Waals surface area contributed by atoms with Gasteiger partial charge < -0.3 is 0 Å². The van der Waals surface area contributed by atoms with E-state index in [0.29, 0.717) is 19.4 Å². The monoisotopic (exact) mass is 444 g/mol. The Morgan fingerprint density at radius 2 is 1.59 bits per heavy atom. The topological polar surface area (TPSA) is 59.4 Å². The smallest absolute Gasteiger partial charge is 0.249 e. The molecule has 3 aromatic carbocycles. The van der Waals surface area contributed by atoms with Crippen molar-refractivity contribution in [3.05, 3.63) is 90.6 Å². The first-order valence-electron chi connectivity index (χ1n) is 10.7. The molecule has 0 bridgehead atoms. The molecule has 1 aliphatic heterocycles. The normalized spacial score (nSPS) is 17.1. The molecule has 162 valence electrons. The van der Waals surface area contributed by atoms with Gasteiger partial charge in [-0.2, -0.15) is 4.31 Å². The molecule has 0 saturated carbocycles. The average Bonchev–Trinajstić information content (AvgIpc) is 3.46. The standard InChI is InChI=1S/C26H24N2O3S/c1-19-13-15-21(16-14-19)32(30,31)28-17-7-12-25(28)26(29)27-18-23(20-8-3-2-4-9-20)22-10-5-6-11-24(22)27/h2-6,8-11,13-16,18,25H,7,12,17H2,1H3/t25-/m0/s1. The molecule has 2 heterocycles. The number of aromatic nitrogens is 1. The molecule has 32 heavy (non-hydrogen) atoms. The lowest BCUT2D eigenvalue weighted by Crippen LogP contribution is -2.42. The zero-order valence-electron chi connectivity index (χ0n) is 17.8. The highest BCUT2D eigenvalue weighted by molar-refractivity contribution is 7.89. The Bertz CT molecular complexity index is 1390. The van der Waals surface area contributed by atoms with E-state index in [0.717, 1.165) is 27.6 Å². The summed E-state index contributed by atoms with van der Waals surface area (Å²) in [6, 6.07) is 23.8. The Morgan fingerprint density at radius 1 is 0.906 bits per heavy atom. The van der Waals surface area contributed by atoms with Crippen LogP contribution in [0.15, 0.2) is 90.0 Å². The van der Waals surface area contributed by atoms with E-state index in [1.54, 1.807) is 28.8 Å². The second-order valence-corrected chi connectivity index (χ2v) is 10.1. The molecule has 1 fully saturated rings. The van der Waals surface area contributed by atoms with Crippen LogP contribution in [0.25, 0.3) is 22.0 Å². The summed E-state index contributed by atoms with van der Waals surface area (Å²) >= 11 is 0. The molecule has 0 unspecified atom stereocenters. The van der Waals surface area contributed by atoms with Crippen molar-refractivity contribution in [3.63, 3.8) is 0 Å². The van der Waals surface area contributed by atoms with Gasteiger partial charge in [0, 0.05) is 23.7 Å². The van der Waals surface area contributed by atoms with Crippen molar-refractivity contribution in [1.29, 1.82) is 0 Å². The maximum absolute atomic E-state index is 13.7. The molecule has 1 saturated heterocycles. The van der Waals surface area contributed by atoms with Crippen molar-refractivity contribution in [1.82, 2.24) is 8.87 Å². The summed E-state index contributed by atoms with van der Waals surface area (Å²) in [5, 5.41) is 0.970. The molecule has 5 rings (SSSR count). The Balaban J connectivity index is 1.56. The summed E-state index contributed by atoms with van der Waals surface area (Å²) in [5.41, 5.74) is 3.76. The molecule has 0 aliphatic carbocycles. The van der Waals surface area contributed by atoms with E-state index in [1.165, 1.54) is 4.31 Å². The maximum atomic E-state index is 13.7. The van der Waals surface area contributed by atoms with Gasteiger partial charge in [0.05, 0.1) is 10.4 Å². The third-order valence-electron chi connectivity index (χ3n) is 6.15. The first-order chi connectivity index (χ1) is 15.5. The number of benzene rings is 3. The van der Waals surface area contributed by atoms with Gasteiger partial charge in [-0.15, -0.1) is 0 Å². The van der Waals surface area contributed by atoms with Gasteiger partial charge in [0.25, 0.3) is 0 Å². The third kappa shape index (κ3) is 3.45. The Morgan fingerprint density at radius 3 is 2.34 bits per heavy atom. The van der Waals surface area contributed by atoms with Crippen LogP contribution in [0.4, 0.5) is 0 Å². The number of sulfonamides is 1. The number of nitrogens with zero attached hydrogens (tertiary/aromatic N) is 2. The molecule has 4 aromatic rings. The van der Waals surface area contributed by atoms with Crippen LogP contribution < -0.4 is 0 Å². The lowest BCUT2D eigenvalue weighted by molar-refractivity contribution is 0.0838. The number of carbonyl (C=O) groups excluding carboxylic acids is 1. The summed E-state index contributed by atoms with van der Waals surface area (Å²) in [6.07, 6.45) is 3.01. The number of rotatable bonds is 4. The Kier molecular flexibility index (Phi) is 5.19. The van der Waals surface area contributed by atoms with Crippen LogP contribution in [0.3, 0.4) is 0 Å². The summed E-state index contributed by atoms with van der Waals surface area (Å²) in [7, 11) is -3.76. The van der Waals surface area contributed by atoms with Crippen molar-refractivity contribution in [2.45, 2.75) is 30.7 Å². The van der Waals surface area contributed by atoms with Gasteiger partial charge in [0.1, 0.15) is 6.04 Å². The van der Waals surface area contributed by atoms with Crippen molar-refractivity contribution >= 4 is 26.8 Å². The summed E-state index contributed by atoms with van der Waals surface area (Å²) in [6.45, 7) is 2.26. The fourth-order valence-electron chi connectivity index (χ4n) is 4.49. The zero-order chi connectivity index (χ0) is 22.3. The summed E-state index contributed by atoms with van der Waals surface area (Å²) < 4.78 is 29.7. The van der Waals surface area contributed by atoms with Crippen LogP contribution in [0.2, 0.25) is 0 Å². The minimum Gasteiger partial charge on any atom is -0.285 e. The van der Waals surface area contributed by atoms with Crippen LogP contribution >= 0.6 is 0 Å². The van der Waals surface area contributed by atoms with E-state index < -0.39 is 16.1 Å². The van der Waals surface area contributed by atoms with Crippen LogP contribution in [0.5, 0.6) is 0 Å². The number of carbonyl (C=O) groups is 1. The number of fused-ring (bicyclic) bond motifs is 1. The second kappa shape index (κ2) is 8.04. The molecule has 0 amide bonds. The van der Waals surface area contributed by atoms with E-state index >= 15 is 0 Å².